The van der Waals surface area contributed by atoms with Crippen LogP contribution >= 0.6 is 0 Å². The first kappa shape index (κ1) is 13.7. The fourth-order valence-electron chi connectivity index (χ4n) is 2.46. The lowest BCUT2D eigenvalue weighted by Gasteiger charge is -2.39. The zero-order valence-electron chi connectivity index (χ0n) is 11.6. The molecule has 104 valence electrons. The number of likely N-dealkylation sites (N-methyl/N-ethyl adjacent to an activating group) is 1. The minimum Gasteiger partial charge on any atom is -0.478 e. The molecule has 2 heterocycles. The van der Waals surface area contributed by atoms with Crippen LogP contribution in [0.3, 0.4) is 0 Å². The van der Waals surface area contributed by atoms with Gasteiger partial charge in [-0.15, -0.1) is 0 Å². The van der Waals surface area contributed by atoms with Crippen molar-refractivity contribution < 1.29 is 9.90 Å². The molecule has 1 aliphatic heterocycles. The Morgan fingerprint density at radius 3 is 2.79 bits per heavy atom. The van der Waals surface area contributed by atoms with Gasteiger partial charge in [0.05, 0.1) is 11.3 Å². The smallest absolute Gasteiger partial charge is 0.339 e. The Morgan fingerprint density at radius 1 is 1.53 bits per heavy atom. The largest absolute Gasteiger partial charge is 0.478 e. The number of aryl methyl sites for hydroxylation is 1. The van der Waals surface area contributed by atoms with Gasteiger partial charge in [0.2, 0.25) is 5.95 Å². The Kier molecular flexibility index (Phi) is 3.99. The van der Waals surface area contributed by atoms with E-state index >= 15 is 0 Å². The van der Waals surface area contributed by atoms with E-state index in [4.69, 9.17) is 5.11 Å². The SMILES string of the molecule is CCN1CCN(c2ncc(C(=O)O)c(C)n2)CC1C. The van der Waals surface area contributed by atoms with E-state index in [1.807, 2.05) is 0 Å². The molecule has 1 atom stereocenters. The number of anilines is 1. The van der Waals surface area contributed by atoms with Gasteiger partial charge in [-0.3, -0.25) is 4.90 Å². The van der Waals surface area contributed by atoms with Gasteiger partial charge in [-0.1, -0.05) is 6.92 Å². The van der Waals surface area contributed by atoms with Crippen LogP contribution in [0.2, 0.25) is 0 Å². The van der Waals surface area contributed by atoms with Crippen LogP contribution in [0.1, 0.15) is 29.9 Å². The summed E-state index contributed by atoms with van der Waals surface area (Å²) in [7, 11) is 0. The number of hydrogen-bond donors (Lipinski definition) is 1. The molecule has 0 saturated carbocycles. The van der Waals surface area contributed by atoms with Crippen LogP contribution in [-0.4, -0.2) is 58.2 Å². The maximum absolute atomic E-state index is 10.9. The molecule has 0 bridgehead atoms. The van der Waals surface area contributed by atoms with Crippen molar-refractivity contribution in [2.75, 3.05) is 31.1 Å². The van der Waals surface area contributed by atoms with E-state index in [0.717, 1.165) is 26.2 Å². The average Bonchev–Trinajstić information content (AvgIpc) is 2.38. The molecule has 1 aliphatic rings. The Morgan fingerprint density at radius 2 is 2.26 bits per heavy atom. The number of piperazine rings is 1. The maximum atomic E-state index is 10.9. The van der Waals surface area contributed by atoms with Gasteiger partial charge in [0.1, 0.15) is 0 Å². The standard InChI is InChI=1S/C13H20N4O2/c1-4-16-5-6-17(8-9(16)2)13-14-7-11(12(18)19)10(3)15-13/h7,9H,4-6,8H2,1-3H3,(H,18,19). The molecular formula is C13H20N4O2. The molecule has 1 fully saturated rings. The topological polar surface area (TPSA) is 69.6 Å². The van der Waals surface area contributed by atoms with E-state index in [2.05, 4.69) is 33.6 Å². The first-order valence-corrected chi connectivity index (χ1v) is 6.58. The van der Waals surface area contributed by atoms with Crippen molar-refractivity contribution in [2.24, 2.45) is 0 Å². The third kappa shape index (κ3) is 2.84. The van der Waals surface area contributed by atoms with Gasteiger partial charge in [0, 0.05) is 31.9 Å². The molecule has 1 aromatic rings. The van der Waals surface area contributed by atoms with Crippen molar-refractivity contribution in [3.8, 4) is 0 Å². The number of aromatic carboxylic acids is 1. The molecule has 0 spiro atoms. The molecule has 0 aliphatic carbocycles. The van der Waals surface area contributed by atoms with Crippen LogP contribution in [0, 0.1) is 6.92 Å². The molecule has 0 amide bonds. The van der Waals surface area contributed by atoms with Gasteiger partial charge < -0.3 is 10.0 Å². The molecule has 6 nitrogen and oxygen atoms in total. The van der Waals surface area contributed by atoms with Crippen LogP contribution in [0.5, 0.6) is 0 Å². The average molecular weight is 264 g/mol. The van der Waals surface area contributed by atoms with Crippen LogP contribution in [0.4, 0.5) is 5.95 Å². The Hall–Kier alpha value is -1.69. The van der Waals surface area contributed by atoms with Gasteiger partial charge in [0.25, 0.3) is 0 Å². The summed E-state index contributed by atoms with van der Waals surface area (Å²) in [6.07, 6.45) is 1.40. The number of aromatic nitrogens is 2. The normalized spacial score (nSPS) is 20.6. The molecular weight excluding hydrogens is 244 g/mol. The summed E-state index contributed by atoms with van der Waals surface area (Å²) in [6, 6.07) is 0.460. The third-order valence-corrected chi connectivity index (χ3v) is 3.65. The highest BCUT2D eigenvalue weighted by Crippen LogP contribution is 2.16. The van der Waals surface area contributed by atoms with Crippen molar-refractivity contribution >= 4 is 11.9 Å². The van der Waals surface area contributed by atoms with Crippen LogP contribution in [0.25, 0.3) is 0 Å². The number of hydrogen-bond acceptors (Lipinski definition) is 5. The first-order valence-electron chi connectivity index (χ1n) is 6.58. The Labute approximate surface area is 113 Å². The molecule has 1 N–H and O–H groups in total. The number of nitrogens with zero attached hydrogens (tertiary/aromatic N) is 4. The summed E-state index contributed by atoms with van der Waals surface area (Å²) in [5.74, 6) is -0.349. The second-order valence-electron chi connectivity index (χ2n) is 4.90. The minimum absolute atomic E-state index is 0.170. The predicted octanol–water partition coefficient (Wildman–Crippen LogP) is 1.01. The number of carboxylic acid groups (broad SMARTS) is 1. The monoisotopic (exact) mass is 264 g/mol. The maximum Gasteiger partial charge on any atom is 0.339 e. The highest BCUT2D eigenvalue weighted by atomic mass is 16.4. The number of rotatable bonds is 3. The van der Waals surface area contributed by atoms with E-state index < -0.39 is 5.97 Å². The fraction of sp³-hybridized carbons (Fsp3) is 0.615. The Balaban J connectivity index is 2.15. The zero-order valence-corrected chi connectivity index (χ0v) is 11.6. The summed E-state index contributed by atoms with van der Waals surface area (Å²) >= 11 is 0. The van der Waals surface area contributed by atoms with Gasteiger partial charge >= 0.3 is 5.97 Å². The third-order valence-electron chi connectivity index (χ3n) is 3.65. The first-order chi connectivity index (χ1) is 9.02. The van der Waals surface area contributed by atoms with Gasteiger partial charge in [-0.2, -0.15) is 0 Å². The summed E-state index contributed by atoms with van der Waals surface area (Å²) in [4.78, 5) is 24.0. The molecule has 6 heteroatoms. The van der Waals surface area contributed by atoms with Crippen molar-refractivity contribution in [3.05, 3.63) is 17.5 Å². The lowest BCUT2D eigenvalue weighted by atomic mass is 10.2. The second kappa shape index (κ2) is 5.52. The van der Waals surface area contributed by atoms with E-state index in [1.165, 1.54) is 6.20 Å². The van der Waals surface area contributed by atoms with E-state index in [9.17, 15) is 4.79 Å². The Bertz CT molecular complexity index is 478. The molecule has 0 aromatic carbocycles. The number of carbonyl (C=O) groups is 1. The highest BCUT2D eigenvalue weighted by Gasteiger charge is 2.24. The van der Waals surface area contributed by atoms with Crippen LogP contribution < -0.4 is 4.90 Å². The van der Waals surface area contributed by atoms with Crippen LogP contribution in [0.15, 0.2) is 6.20 Å². The molecule has 0 radical (unpaired) electrons. The lowest BCUT2D eigenvalue weighted by molar-refractivity contribution is 0.0695. The van der Waals surface area contributed by atoms with E-state index in [-0.39, 0.29) is 5.56 Å². The van der Waals surface area contributed by atoms with E-state index in [0.29, 0.717) is 17.7 Å². The minimum atomic E-state index is -0.978. The summed E-state index contributed by atoms with van der Waals surface area (Å²) in [5, 5.41) is 8.98. The lowest BCUT2D eigenvalue weighted by Crippen LogP contribution is -2.52. The summed E-state index contributed by atoms with van der Waals surface area (Å²) in [6.45, 7) is 9.85. The quantitative estimate of drug-likeness (QED) is 0.878. The fourth-order valence-corrected chi connectivity index (χ4v) is 2.46. The van der Waals surface area contributed by atoms with Crippen molar-refractivity contribution in [1.29, 1.82) is 0 Å². The van der Waals surface area contributed by atoms with Crippen LogP contribution in [-0.2, 0) is 0 Å². The van der Waals surface area contributed by atoms with Crippen molar-refractivity contribution in [1.82, 2.24) is 14.9 Å². The molecule has 19 heavy (non-hydrogen) atoms. The van der Waals surface area contributed by atoms with Gasteiger partial charge in [-0.25, -0.2) is 14.8 Å². The second-order valence-corrected chi connectivity index (χ2v) is 4.90. The molecule has 1 unspecified atom stereocenters. The molecule has 1 aromatic heterocycles. The predicted molar refractivity (Wildman–Crippen MR) is 72.7 cm³/mol. The molecule has 1 saturated heterocycles. The number of carboxylic acids is 1. The zero-order chi connectivity index (χ0) is 14.0. The van der Waals surface area contributed by atoms with Crippen molar-refractivity contribution in [2.45, 2.75) is 26.8 Å². The summed E-state index contributed by atoms with van der Waals surface area (Å²) in [5.41, 5.74) is 0.687. The summed E-state index contributed by atoms with van der Waals surface area (Å²) < 4.78 is 0. The highest BCUT2D eigenvalue weighted by molar-refractivity contribution is 5.88. The van der Waals surface area contributed by atoms with Gasteiger partial charge in [0.15, 0.2) is 0 Å². The van der Waals surface area contributed by atoms with E-state index in [1.54, 1.807) is 6.92 Å². The van der Waals surface area contributed by atoms with Crippen molar-refractivity contribution in [3.63, 3.8) is 0 Å². The van der Waals surface area contributed by atoms with Gasteiger partial charge in [-0.05, 0) is 20.4 Å². The molecule has 2 rings (SSSR count).